The van der Waals surface area contributed by atoms with Crippen molar-refractivity contribution in [3.8, 4) is 0 Å². The summed E-state index contributed by atoms with van der Waals surface area (Å²) in [5, 5.41) is 7.45. The average molecular weight is 351 g/mol. The van der Waals surface area contributed by atoms with E-state index in [9.17, 15) is 8.42 Å². The van der Waals surface area contributed by atoms with Gasteiger partial charge in [0.25, 0.3) is 10.0 Å². The van der Waals surface area contributed by atoms with Gasteiger partial charge in [-0.05, 0) is 28.3 Å². The number of nitrogens with one attached hydrogen (secondary N) is 1. The van der Waals surface area contributed by atoms with Crippen LogP contribution in [0.15, 0.2) is 9.63 Å². The Morgan fingerprint density at radius 2 is 2.05 bits per heavy atom. The fraction of sp³-hybridized carbons (Fsp3) is 0.818. The monoisotopic (exact) mass is 350 g/mol. The van der Waals surface area contributed by atoms with Gasteiger partial charge in [-0.1, -0.05) is 37.3 Å². The topological polar surface area (TPSA) is 76.9 Å². The first-order valence-corrected chi connectivity index (χ1v) is 8.83. The van der Waals surface area contributed by atoms with Gasteiger partial charge in [-0.2, -0.15) is 0 Å². The molecule has 1 N–H and O–H groups in total. The average Bonchev–Trinajstić information content (AvgIpc) is 2.70. The summed E-state index contributed by atoms with van der Waals surface area (Å²) in [6, 6.07) is 0. The number of aromatic nitrogens is 3. The molecule has 1 fully saturated rings. The first kappa shape index (κ1) is 14.9. The SMILES string of the molecule is Cn1nnc(Br)c1S(=O)(=O)NCCC1CCCCC1. The Balaban J connectivity index is 1.91. The maximum Gasteiger partial charge on any atom is 0.260 e. The second-order valence-corrected chi connectivity index (χ2v) is 7.43. The summed E-state index contributed by atoms with van der Waals surface area (Å²) in [5.74, 6) is 0.657. The van der Waals surface area contributed by atoms with E-state index >= 15 is 0 Å². The molecule has 6 nitrogen and oxygen atoms in total. The van der Waals surface area contributed by atoms with E-state index in [0.29, 0.717) is 12.5 Å². The van der Waals surface area contributed by atoms with Crippen LogP contribution in [0.5, 0.6) is 0 Å². The second kappa shape index (κ2) is 6.32. The molecule has 0 atom stereocenters. The first-order chi connectivity index (χ1) is 9.00. The number of halogens is 1. The van der Waals surface area contributed by atoms with Gasteiger partial charge in [-0.3, -0.25) is 0 Å². The van der Waals surface area contributed by atoms with Crippen LogP contribution in [-0.4, -0.2) is 30.0 Å². The zero-order valence-corrected chi connectivity index (χ0v) is 13.4. The van der Waals surface area contributed by atoms with E-state index in [1.54, 1.807) is 7.05 Å². The van der Waals surface area contributed by atoms with Crippen LogP contribution in [0, 0.1) is 5.92 Å². The van der Waals surface area contributed by atoms with Crippen molar-refractivity contribution in [1.29, 1.82) is 0 Å². The molecule has 1 heterocycles. The van der Waals surface area contributed by atoms with Crippen molar-refractivity contribution in [1.82, 2.24) is 19.7 Å². The normalized spacial score (nSPS) is 17.8. The van der Waals surface area contributed by atoms with E-state index in [2.05, 4.69) is 31.0 Å². The van der Waals surface area contributed by atoms with E-state index in [-0.39, 0.29) is 9.63 Å². The Kier molecular flexibility index (Phi) is 4.97. The molecule has 0 radical (unpaired) electrons. The highest BCUT2D eigenvalue weighted by Crippen LogP contribution is 2.26. The minimum absolute atomic E-state index is 0.0798. The van der Waals surface area contributed by atoms with Crippen LogP contribution in [-0.2, 0) is 17.1 Å². The Morgan fingerprint density at radius 3 is 2.63 bits per heavy atom. The molecular formula is C11H19BrN4O2S. The highest BCUT2D eigenvalue weighted by molar-refractivity contribution is 9.10. The maximum atomic E-state index is 12.1. The van der Waals surface area contributed by atoms with Crippen molar-refractivity contribution in [3.63, 3.8) is 0 Å². The van der Waals surface area contributed by atoms with Gasteiger partial charge in [0.1, 0.15) is 0 Å². The Morgan fingerprint density at radius 1 is 1.37 bits per heavy atom. The van der Waals surface area contributed by atoms with Gasteiger partial charge in [-0.25, -0.2) is 17.8 Å². The van der Waals surface area contributed by atoms with Gasteiger partial charge in [0.15, 0.2) is 4.60 Å². The molecule has 0 aliphatic heterocycles. The summed E-state index contributed by atoms with van der Waals surface area (Å²) in [6.45, 7) is 0.477. The molecule has 1 aliphatic rings. The number of hydrogen-bond donors (Lipinski definition) is 1. The molecule has 8 heteroatoms. The van der Waals surface area contributed by atoms with E-state index in [1.807, 2.05) is 0 Å². The van der Waals surface area contributed by atoms with Gasteiger partial charge in [-0.15, -0.1) is 5.10 Å². The van der Waals surface area contributed by atoms with Crippen LogP contribution in [0.1, 0.15) is 38.5 Å². The van der Waals surface area contributed by atoms with Crippen LogP contribution in [0.25, 0.3) is 0 Å². The quantitative estimate of drug-likeness (QED) is 0.878. The Hall–Kier alpha value is -0.470. The maximum absolute atomic E-state index is 12.1. The molecule has 0 bridgehead atoms. The second-order valence-electron chi connectivity index (χ2n) is 5.00. The summed E-state index contributed by atoms with van der Waals surface area (Å²) in [5.41, 5.74) is 0. The molecule has 0 saturated heterocycles. The van der Waals surface area contributed by atoms with Gasteiger partial charge in [0, 0.05) is 13.6 Å². The van der Waals surface area contributed by atoms with Crippen molar-refractivity contribution in [2.75, 3.05) is 6.54 Å². The molecule has 2 rings (SSSR count). The predicted octanol–water partition coefficient (Wildman–Crippen LogP) is 1.83. The lowest BCUT2D eigenvalue weighted by Gasteiger charge is -2.21. The molecule has 0 unspecified atom stereocenters. The summed E-state index contributed by atoms with van der Waals surface area (Å²) in [4.78, 5) is 0. The first-order valence-electron chi connectivity index (χ1n) is 6.55. The summed E-state index contributed by atoms with van der Waals surface area (Å²) in [7, 11) is -1.98. The summed E-state index contributed by atoms with van der Waals surface area (Å²) in [6.07, 6.45) is 7.21. The van der Waals surface area contributed by atoms with Gasteiger partial charge >= 0.3 is 0 Å². The largest absolute Gasteiger partial charge is 0.260 e. The highest BCUT2D eigenvalue weighted by atomic mass is 79.9. The van der Waals surface area contributed by atoms with E-state index in [1.165, 1.54) is 36.8 Å². The minimum atomic E-state index is -3.54. The van der Waals surface area contributed by atoms with Crippen LogP contribution in [0.4, 0.5) is 0 Å². The van der Waals surface area contributed by atoms with Crippen LogP contribution in [0.2, 0.25) is 0 Å². The third kappa shape index (κ3) is 3.76. The molecule has 108 valence electrons. The number of sulfonamides is 1. The minimum Gasteiger partial charge on any atom is -0.235 e. The predicted molar refractivity (Wildman–Crippen MR) is 75.1 cm³/mol. The standard InChI is InChI=1S/C11H19BrN4O2S/c1-16-11(10(12)14-15-16)19(17,18)13-8-7-9-5-3-2-4-6-9/h9,13H,2-8H2,1H3. The molecule has 19 heavy (non-hydrogen) atoms. The van der Waals surface area contributed by atoms with E-state index < -0.39 is 10.0 Å². The Labute approximate surface area is 122 Å². The summed E-state index contributed by atoms with van der Waals surface area (Å²) >= 11 is 3.11. The van der Waals surface area contributed by atoms with E-state index in [0.717, 1.165) is 6.42 Å². The van der Waals surface area contributed by atoms with Crippen molar-refractivity contribution in [2.45, 2.75) is 43.6 Å². The number of hydrogen-bond acceptors (Lipinski definition) is 4. The fourth-order valence-electron chi connectivity index (χ4n) is 2.55. The van der Waals surface area contributed by atoms with Gasteiger partial charge in [0.05, 0.1) is 0 Å². The lowest BCUT2D eigenvalue weighted by atomic mass is 9.87. The van der Waals surface area contributed by atoms with Crippen LogP contribution < -0.4 is 4.72 Å². The molecular weight excluding hydrogens is 332 g/mol. The third-order valence-electron chi connectivity index (χ3n) is 3.56. The summed E-state index contributed by atoms with van der Waals surface area (Å²) < 4.78 is 28.4. The van der Waals surface area contributed by atoms with Crippen LogP contribution >= 0.6 is 15.9 Å². The van der Waals surface area contributed by atoms with Crippen LogP contribution in [0.3, 0.4) is 0 Å². The van der Waals surface area contributed by atoms with Crippen molar-refractivity contribution in [3.05, 3.63) is 4.60 Å². The van der Waals surface area contributed by atoms with Crippen molar-refractivity contribution < 1.29 is 8.42 Å². The number of aryl methyl sites for hydroxylation is 1. The highest BCUT2D eigenvalue weighted by Gasteiger charge is 2.24. The lowest BCUT2D eigenvalue weighted by Crippen LogP contribution is -2.28. The zero-order valence-electron chi connectivity index (χ0n) is 11.0. The molecule has 1 aliphatic carbocycles. The van der Waals surface area contributed by atoms with Crippen molar-refractivity contribution >= 4 is 26.0 Å². The molecule has 0 spiro atoms. The smallest absolute Gasteiger partial charge is 0.235 e. The molecule has 1 saturated carbocycles. The lowest BCUT2D eigenvalue weighted by molar-refractivity contribution is 0.339. The zero-order chi connectivity index (χ0) is 13.9. The fourth-order valence-corrected chi connectivity index (χ4v) is 4.69. The van der Waals surface area contributed by atoms with Crippen molar-refractivity contribution in [2.24, 2.45) is 13.0 Å². The van der Waals surface area contributed by atoms with E-state index in [4.69, 9.17) is 0 Å². The molecule has 0 aromatic carbocycles. The van der Waals surface area contributed by atoms with Gasteiger partial charge in [0.2, 0.25) is 5.03 Å². The third-order valence-corrected chi connectivity index (χ3v) is 5.91. The number of nitrogens with zero attached hydrogens (tertiary/aromatic N) is 3. The van der Waals surface area contributed by atoms with Gasteiger partial charge < -0.3 is 0 Å². The number of rotatable bonds is 5. The molecule has 1 aromatic heterocycles. The molecule has 1 aromatic rings. The Bertz CT molecular complexity index is 503. The molecule has 0 amide bonds.